The second-order valence-electron chi connectivity index (χ2n) is 8.04. The van der Waals surface area contributed by atoms with Crippen molar-refractivity contribution in [1.29, 1.82) is 0 Å². The lowest BCUT2D eigenvalue weighted by Gasteiger charge is -2.34. The van der Waals surface area contributed by atoms with Gasteiger partial charge in [-0.3, -0.25) is 0 Å². The number of halogens is 1. The molecule has 3 rings (SSSR count). The van der Waals surface area contributed by atoms with Gasteiger partial charge >= 0.3 is 0 Å². The summed E-state index contributed by atoms with van der Waals surface area (Å²) in [5.41, 5.74) is 3.42. The molecule has 2 aromatic rings. The van der Waals surface area contributed by atoms with Gasteiger partial charge in [0.05, 0.1) is 13.2 Å². The number of guanidine groups is 1. The van der Waals surface area contributed by atoms with Crippen molar-refractivity contribution < 1.29 is 4.74 Å². The predicted octanol–water partition coefficient (Wildman–Crippen LogP) is 3.80. The number of hydrogen-bond acceptors (Lipinski definition) is 5. The van der Waals surface area contributed by atoms with E-state index in [-0.39, 0.29) is 24.0 Å². The SMILES string of the molecule is CCNC(=NCc1ccc(N2CCN(CC)CC2)nc1)NCc1ccc(C)cc1OCC.I. The quantitative estimate of drug-likeness (QED) is 0.274. The number of aromatic nitrogens is 1. The Labute approximate surface area is 216 Å². The molecule has 2 heterocycles. The van der Waals surface area contributed by atoms with Crippen LogP contribution in [0.15, 0.2) is 41.5 Å². The van der Waals surface area contributed by atoms with Crippen molar-refractivity contribution in [3.05, 3.63) is 53.2 Å². The van der Waals surface area contributed by atoms with Gasteiger partial charge in [-0.25, -0.2) is 9.98 Å². The number of nitrogens with zero attached hydrogens (tertiary/aromatic N) is 4. The first-order valence-corrected chi connectivity index (χ1v) is 11.8. The molecule has 0 saturated carbocycles. The van der Waals surface area contributed by atoms with Crippen LogP contribution in [0.5, 0.6) is 5.75 Å². The summed E-state index contributed by atoms with van der Waals surface area (Å²) in [7, 11) is 0. The largest absolute Gasteiger partial charge is 0.494 e. The molecular formula is C25H39IN6O. The van der Waals surface area contributed by atoms with Gasteiger partial charge in [0.2, 0.25) is 0 Å². The molecule has 1 saturated heterocycles. The monoisotopic (exact) mass is 566 g/mol. The Bertz CT molecular complexity index is 866. The molecule has 182 valence electrons. The molecule has 0 radical (unpaired) electrons. The zero-order valence-electron chi connectivity index (χ0n) is 20.4. The standard InChI is InChI=1S/C25H38N6O.HI/c1-5-26-25(29-19-22-10-8-20(4)16-23(22)32-7-3)28-18-21-9-11-24(27-17-21)31-14-12-30(6-2)13-15-31;/h8-11,16-17H,5-7,12-15,18-19H2,1-4H3,(H2,26,28,29);1H. The first-order chi connectivity index (χ1) is 15.6. The number of aryl methyl sites for hydroxylation is 1. The number of nitrogens with one attached hydrogen (secondary N) is 2. The van der Waals surface area contributed by atoms with Gasteiger partial charge in [0.15, 0.2) is 5.96 Å². The smallest absolute Gasteiger partial charge is 0.191 e. The minimum absolute atomic E-state index is 0. The van der Waals surface area contributed by atoms with Crippen molar-refractivity contribution in [3.63, 3.8) is 0 Å². The summed E-state index contributed by atoms with van der Waals surface area (Å²) >= 11 is 0. The molecule has 0 bridgehead atoms. The van der Waals surface area contributed by atoms with Gasteiger partial charge in [0, 0.05) is 51.0 Å². The van der Waals surface area contributed by atoms with Crippen LogP contribution < -0.4 is 20.3 Å². The average molecular weight is 567 g/mol. The van der Waals surface area contributed by atoms with E-state index in [2.05, 4.69) is 71.5 Å². The van der Waals surface area contributed by atoms with E-state index in [4.69, 9.17) is 14.7 Å². The van der Waals surface area contributed by atoms with Gasteiger partial charge in [-0.1, -0.05) is 25.1 Å². The zero-order chi connectivity index (χ0) is 22.8. The fraction of sp³-hybridized carbons (Fsp3) is 0.520. The fourth-order valence-corrected chi connectivity index (χ4v) is 3.78. The zero-order valence-corrected chi connectivity index (χ0v) is 22.8. The first kappa shape index (κ1) is 27.2. The molecule has 0 spiro atoms. The van der Waals surface area contributed by atoms with Crippen LogP contribution in [-0.2, 0) is 13.1 Å². The number of anilines is 1. The van der Waals surface area contributed by atoms with E-state index in [1.54, 1.807) is 0 Å². The second kappa shape index (κ2) is 14.2. The number of piperazine rings is 1. The molecule has 1 aliphatic rings. The predicted molar refractivity (Wildman–Crippen MR) is 148 cm³/mol. The molecule has 1 aliphatic heterocycles. The van der Waals surface area contributed by atoms with Gasteiger partial charge in [0.25, 0.3) is 0 Å². The topological polar surface area (TPSA) is 65.0 Å². The van der Waals surface area contributed by atoms with Crippen LogP contribution in [0.25, 0.3) is 0 Å². The molecule has 0 unspecified atom stereocenters. The highest BCUT2D eigenvalue weighted by Crippen LogP contribution is 2.20. The Morgan fingerprint density at radius 3 is 2.48 bits per heavy atom. The highest BCUT2D eigenvalue weighted by Gasteiger charge is 2.16. The Hall–Kier alpha value is -2.07. The van der Waals surface area contributed by atoms with Crippen LogP contribution in [0.2, 0.25) is 0 Å². The van der Waals surface area contributed by atoms with Crippen LogP contribution in [0, 0.1) is 6.92 Å². The van der Waals surface area contributed by atoms with Crippen molar-refractivity contribution in [2.75, 3.05) is 50.8 Å². The average Bonchev–Trinajstić information content (AvgIpc) is 2.82. The Balaban J connectivity index is 0.00000385. The summed E-state index contributed by atoms with van der Waals surface area (Å²) in [4.78, 5) is 14.3. The molecule has 0 atom stereocenters. The molecule has 1 fully saturated rings. The fourth-order valence-electron chi connectivity index (χ4n) is 3.78. The van der Waals surface area contributed by atoms with E-state index >= 15 is 0 Å². The third-order valence-corrected chi connectivity index (χ3v) is 5.69. The molecular weight excluding hydrogens is 527 g/mol. The van der Waals surface area contributed by atoms with Gasteiger partial charge in [-0.05, 0) is 50.6 Å². The van der Waals surface area contributed by atoms with Gasteiger partial charge in [0.1, 0.15) is 11.6 Å². The number of likely N-dealkylation sites (N-methyl/N-ethyl adjacent to an activating group) is 1. The maximum Gasteiger partial charge on any atom is 0.191 e. The number of aliphatic imine (C=N–C) groups is 1. The minimum Gasteiger partial charge on any atom is -0.494 e. The maximum absolute atomic E-state index is 5.80. The van der Waals surface area contributed by atoms with Gasteiger partial charge in [-0.2, -0.15) is 0 Å². The number of rotatable bonds is 9. The molecule has 33 heavy (non-hydrogen) atoms. The van der Waals surface area contributed by atoms with E-state index in [1.807, 2.05) is 13.1 Å². The minimum atomic E-state index is 0. The summed E-state index contributed by atoms with van der Waals surface area (Å²) in [6, 6.07) is 10.6. The Morgan fingerprint density at radius 2 is 1.85 bits per heavy atom. The normalized spacial score (nSPS) is 14.5. The van der Waals surface area contributed by atoms with Crippen molar-refractivity contribution in [3.8, 4) is 5.75 Å². The third kappa shape index (κ3) is 8.33. The highest BCUT2D eigenvalue weighted by atomic mass is 127. The van der Waals surface area contributed by atoms with E-state index < -0.39 is 0 Å². The van der Waals surface area contributed by atoms with Gasteiger partial charge < -0.3 is 25.2 Å². The second-order valence-corrected chi connectivity index (χ2v) is 8.04. The number of ether oxygens (including phenoxy) is 1. The van der Waals surface area contributed by atoms with Crippen molar-refractivity contribution >= 4 is 35.8 Å². The summed E-state index contributed by atoms with van der Waals surface area (Å²) in [5, 5.41) is 6.75. The lowest BCUT2D eigenvalue weighted by Crippen LogP contribution is -2.46. The first-order valence-electron chi connectivity index (χ1n) is 11.8. The van der Waals surface area contributed by atoms with E-state index in [1.165, 1.54) is 5.56 Å². The lowest BCUT2D eigenvalue weighted by atomic mass is 10.1. The van der Waals surface area contributed by atoms with Crippen molar-refractivity contribution in [1.82, 2.24) is 20.5 Å². The van der Waals surface area contributed by atoms with E-state index in [0.29, 0.717) is 19.7 Å². The van der Waals surface area contributed by atoms with Crippen LogP contribution in [0.1, 0.15) is 37.5 Å². The Morgan fingerprint density at radius 1 is 1.06 bits per heavy atom. The summed E-state index contributed by atoms with van der Waals surface area (Å²) < 4.78 is 5.80. The number of hydrogen-bond donors (Lipinski definition) is 2. The Kier molecular flexibility index (Phi) is 11.7. The van der Waals surface area contributed by atoms with Gasteiger partial charge in [-0.15, -0.1) is 24.0 Å². The molecule has 8 heteroatoms. The molecule has 1 aromatic carbocycles. The summed E-state index contributed by atoms with van der Waals surface area (Å²) in [6.07, 6.45) is 1.95. The maximum atomic E-state index is 5.80. The van der Waals surface area contributed by atoms with E-state index in [9.17, 15) is 0 Å². The highest BCUT2D eigenvalue weighted by molar-refractivity contribution is 14.0. The van der Waals surface area contributed by atoms with E-state index in [0.717, 1.165) is 67.9 Å². The molecule has 7 nitrogen and oxygen atoms in total. The van der Waals surface area contributed by atoms with Crippen LogP contribution in [0.4, 0.5) is 5.82 Å². The lowest BCUT2D eigenvalue weighted by molar-refractivity contribution is 0.270. The number of pyridine rings is 1. The van der Waals surface area contributed by atoms with Crippen molar-refractivity contribution in [2.45, 2.75) is 40.8 Å². The molecule has 1 aromatic heterocycles. The third-order valence-electron chi connectivity index (χ3n) is 5.69. The summed E-state index contributed by atoms with van der Waals surface area (Å²) in [6.45, 7) is 16.5. The molecule has 2 N–H and O–H groups in total. The molecule has 0 amide bonds. The summed E-state index contributed by atoms with van der Waals surface area (Å²) in [5.74, 6) is 2.77. The van der Waals surface area contributed by atoms with Crippen molar-refractivity contribution in [2.24, 2.45) is 4.99 Å². The molecule has 0 aliphatic carbocycles. The van der Waals surface area contributed by atoms with Crippen LogP contribution >= 0.6 is 24.0 Å². The number of benzene rings is 1. The van der Waals surface area contributed by atoms with Crippen LogP contribution in [0.3, 0.4) is 0 Å². The van der Waals surface area contributed by atoms with Crippen LogP contribution in [-0.4, -0.2) is 61.7 Å².